The van der Waals surface area contributed by atoms with Crippen LogP contribution in [-0.2, 0) is 20.1 Å². The molecule has 216 valence electrons. The van der Waals surface area contributed by atoms with E-state index < -0.39 is 23.7 Å². The molecule has 1 fully saturated rings. The van der Waals surface area contributed by atoms with Crippen molar-refractivity contribution in [3.8, 4) is 0 Å². The van der Waals surface area contributed by atoms with Crippen molar-refractivity contribution in [2.45, 2.75) is 30.0 Å². The standard InChI is InChI=1S/C31H25N5O5S2/c1-17-7-9-19(10-8-17)16-42-31-34-33-30(43-31)36-25(20-11-13-21(14-12-20)29(40)41-3)23(27(38)28(36)39)26(37)24-18(2)32-22-6-4-5-15-35(22)24/h4-15,25,37H,16H2,1-3H3/b26-23+. The average Bonchev–Trinajstić information content (AvgIpc) is 3.69. The van der Waals surface area contributed by atoms with Gasteiger partial charge in [0, 0.05) is 11.9 Å². The largest absolute Gasteiger partial charge is 0.505 e. The van der Waals surface area contributed by atoms with Gasteiger partial charge in [0.15, 0.2) is 10.1 Å². The lowest BCUT2D eigenvalue weighted by Crippen LogP contribution is -2.29. The number of esters is 1. The van der Waals surface area contributed by atoms with E-state index in [1.807, 2.05) is 37.3 Å². The third-order valence-corrected chi connectivity index (χ3v) is 9.23. The number of aromatic nitrogens is 4. The lowest BCUT2D eigenvalue weighted by atomic mass is 9.95. The van der Waals surface area contributed by atoms with E-state index in [4.69, 9.17) is 4.74 Å². The Morgan fingerprint density at radius 2 is 1.77 bits per heavy atom. The molecule has 0 spiro atoms. The molecule has 0 bridgehead atoms. The highest BCUT2D eigenvalue weighted by Gasteiger charge is 2.49. The van der Waals surface area contributed by atoms with Gasteiger partial charge in [-0.05, 0) is 49.2 Å². The van der Waals surface area contributed by atoms with Gasteiger partial charge in [-0.1, -0.05) is 71.1 Å². The number of hydrogen-bond acceptors (Lipinski definition) is 10. The third kappa shape index (κ3) is 5.19. The molecule has 0 saturated carbocycles. The molecule has 43 heavy (non-hydrogen) atoms. The normalized spacial score (nSPS) is 16.3. The number of fused-ring (bicyclic) bond motifs is 1. The van der Waals surface area contributed by atoms with Crippen molar-refractivity contribution in [1.82, 2.24) is 19.6 Å². The number of rotatable bonds is 7. The van der Waals surface area contributed by atoms with Crippen molar-refractivity contribution in [1.29, 1.82) is 0 Å². The molecular formula is C31H25N5O5S2. The molecule has 1 N–H and O–H groups in total. The van der Waals surface area contributed by atoms with Crippen LogP contribution in [0, 0.1) is 13.8 Å². The van der Waals surface area contributed by atoms with Crippen LogP contribution in [0.2, 0.25) is 0 Å². The van der Waals surface area contributed by atoms with Crippen LogP contribution in [0.5, 0.6) is 0 Å². The summed E-state index contributed by atoms with van der Waals surface area (Å²) in [6.07, 6.45) is 1.73. The molecule has 1 aliphatic rings. The molecule has 1 unspecified atom stereocenters. The van der Waals surface area contributed by atoms with Crippen molar-refractivity contribution < 1.29 is 24.2 Å². The van der Waals surface area contributed by atoms with Gasteiger partial charge < -0.3 is 9.84 Å². The lowest BCUT2D eigenvalue weighted by molar-refractivity contribution is -0.132. The number of carbonyl (C=O) groups is 3. The second-order valence-electron chi connectivity index (χ2n) is 9.88. The van der Waals surface area contributed by atoms with Crippen molar-refractivity contribution in [3.05, 3.63) is 112 Å². The number of carbonyl (C=O) groups excluding carboxylic acids is 3. The first kappa shape index (κ1) is 28.3. The molecule has 5 aromatic rings. The number of anilines is 1. The van der Waals surface area contributed by atoms with Crippen LogP contribution in [0.15, 0.2) is 82.8 Å². The number of pyridine rings is 1. The number of nitrogens with zero attached hydrogens (tertiary/aromatic N) is 5. The van der Waals surface area contributed by atoms with Crippen molar-refractivity contribution in [3.63, 3.8) is 0 Å². The summed E-state index contributed by atoms with van der Waals surface area (Å²) in [6, 6.07) is 18.8. The Morgan fingerprint density at radius 3 is 2.49 bits per heavy atom. The monoisotopic (exact) mass is 611 g/mol. The number of hydrogen-bond donors (Lipinski definition) is 1. The van der Waals surface area contributed by atoms with Crippen LogP contribution in [0.25, 0.3) is 11.4 Å². The van der Waals surface area contributed by atoms with Gasteiger partial charge in [-0.25, -0.2) is 9.78 Å². The van der Waals surface area contributed by atoms with E-state index in [1.165, 1.54) is 40.7 Å². The van der Waals surface area contributed by atoms with Gasteiger partial charge in [0.1, 0.15) is 11.3 Å². The molecule has 1 aliphatic heterocycles. The number of amides is 1. The van der Waals surface area contributed by atoms with Crippen molar-refractivity contribution in [2.75, 3.05) is 12.0 Å². The molecule has 1 saturated heterocycles. The molecule has 4 heterocycles. The number of aliphatic hydroxyl groups is 1. The highest BCUT2D eigenvalue weighted by molar-refractivity contribution is 8.00. The molecule has 12 heteroatoms. The number of ether oxygens (including phenoxy) is 1. The number of thioether (sulfide) groups is 1. The number of Topliss-reactive ketones (excluding diaryl/α,β-unsaturated/α-hetero) is 1. The fourth-order valence-corrected chi connectivity index (χ4v) is 6.80. The molecule has 6 rings (SSSR count). The highest BCUT2D eigenvalue weighted by atomic mass is 32.2. The van der Waals surface area contributed by atoms with Gasteiger partial charge in [0.25, 0.3) is 5.78 Å². The van der Waals surface area contributed by atoms with Crippen LogP contribution in [0.3, 0.4) is 0 Å². The number of benzene rings is 2. The molecule has 3 aromatic heterocycles. The van der Waals surface area contributed by atoms with Crippen molar-refractivity contribution in [2.24, 2.45) is 0 Å². The minimum atomic E-state index is -1.04. The fraction of sp³-hybridized carbons (Fsp3) is 0.161. The number of ketones is 1. The van der Waals surface area contributed by atoms with E-state index in [2.05, 4.69) is 15.2 Å². The quantitative estimate of drug-likeness (QED) is 0.0633. The Labute approximate surface area is 254 Å². The number of methoxy groups -OCH3 is 1. The summed E-state index contributed by atoms with van der Waals surface area (Å²) >= 11 is 2.65. The molecular weight excluding hydrogens is 587 g/mol. The van der Waals surface area contributed by atoms with Crippen LogP contribution in [0.4, 0.5) is 5.13 Å². The number of aryl methyl sites for hydroxylation is 2. The summed E-state index contributed by atoms with van der Waals surface area (Å²) in [5.41, 5.74) is 4.32. The zero-order valence-corrected chi connectivity index (χ0v) is 25.0. The topological polar surface area (TPSA) is 127 Å². The number of imidazole rings is 1. The molecule has 0 radical (unpaired) electrons. The first-order chi connectivity index (χ1) is 20.8. The van der Waals surface area contributed by atoms with Crippen LogP contribution >= 0.6 is 23.1 Å². The maximum absolute atomic E-state index is 13.7. The van der Waals surface area contributed by atoms with Gasteiger partial charge in [-0.3, -0.25) is 18.9 Å². The average molecular weight is 612 g/mol. The van der Waals surface area contributed by atoms with E-state index in [-0.39, 0.29) is 16.5 Å². The van der Waals surface area contributed by atoms with Crippen LogP contribution < -0.4 is 4.90 Å². The first-order valence-corrected chi connectivity index (χ1v) is 15.0. The summed E-state index contributed by atoms with van der Waals surface area (Å²) in [7, 11) is 1.28. The first-order valence-electron chi connectivity index (χ1n) is 13.2. The van der Waals surface area contributed by atoms with Crippen molar-refractivity contribution >= 4 is 57.3 Å². The predicted molar refractivity (Wildman–Crippen MR) is 163 cm³/mol. The minimum Gasteiger partial charge on any atom is -0.505 e. The molecule has 10 nitrogen and oxygen atoms in total. The smallest absolute Gasteiger partial charge is 0.337 e. The molecule has 1 amide bonds. The van der Waals surface area contributed by atoms with E-state index in [0.29, 0.717) is 38.3 Å². The molecule has 2 aromatic carbocycles. The zero-order chi connectivity index (χ0) is 30.2. The van der Waals surface area contributed by atoms with Crippen LogP contribution in [0.1, 0.15) is 44.5 Å². The van der Waals surface area contributed by atoms with Gasteiger partial charge in [-0.15, -0.1) is 10.2 Å². The van der Waals surface area contributed by atoms with Gasteiger partial charge in [-0.2, -0.15) is 0 Å². The maximum Gasteiger partial charge on any atom is 0.337 e. The Morgan fingerprint density at radius 1 is 1.02 bits per heavy atom. The van der Waals surface area contributed by atoms with Gasteiger partial charge >= 0.3 is 11.9 Å². The molecule has 0 aliphatic carbocycles. The van der Waals surface area contributed by atoms with Gasteiger partial charge in [0.05, 0.1) is 30.0 Å². The highest BCUT2D eigenvalue weighted by Crippen LogP contribution is 2.44. The minimum absolute atomic E-state index is 0.117. The fourth-order valence-electron chi connectivity index (χ4n) is 4.98. The van der Waals surface area contributed by atoms with Crippen LogP contribution in [-0.4, -0.2) is 49.5 Å². The lowest BCUT2D eigenvalue weighted by Gasteiger charge is -2.22. The predicted octanol–water partition coefficient (Wildman–Crippen LogP) is 5.51. The van der Waals surface area contributed by atoms with E-state index >= 15 is 0 Å². The number of aliphatic hydroxyl groups excluding tert-OH is 1. The SMILES string of the molecule is COC(=O)c1ccc(C2/C(=C(\O)c3c(C)nc4ccccn34)C(=O)C(=O)N2c2nnc(SCc3ccc(C)cc3)s2)cc1. The summed E-state index contributed by atoms with van der Waals surface area (Å²) in [4.78, 5) is 45.1. The summed E-state index contributed by atoms with van der Waals surface area (Å²) < 4.78 is 7.10. The Hall–Kier alpha value is -4.81. The second-order valence-corrected chi connectivity index (χ2v) is 12.1. The Kier molecular flexibility index (Phi) is 7.55. The van der Waals surface area contributed by atoms with E-state index in [0.717, 1.165) is 5.56 Å². The van der Waals surface area contributed by atoms with E-state index in [1.54, 1.807) is 53.9 Å². The second kappa shape index (κ2) is 11.5. The summed E-state index contributed by atoms with van der Waals surface area (Å²) in [6.45, 7) is 3.75. The Balaban J connectivity index is 1.44. The Bertz CT molecular complexity index is 1910. The van der Waals surface area contributed by atoms with Gasteiger partial charge in [0.2, 0.25) is 5.13 Å². The molecule has 1 atom stereocenters. The third-order valence-electron chi connectivity index (χ3n) is 7.11. The maximum atomic E-state index is 13.7. The zero-order valence-electron chi connectivity index (χ0n) is 23.3. The summed E-state index contributed by atoms with van der Waals surface area (Å²) in [5, 5.41) is 20.5. The summed E-state index contributed by atoms with van der Waals surface area (Å²) in [5.74, 6) is -1.95. The van der Waals surface area contributed by atoms with E-state index in [9.17, 15) is 19.5 Å².